The van der Waals surface area contributed by atoms with Crippen LogP contribution >= 0.6 is 0 Å². The van der Waals surface area contributed by atoms with Crippen molar-refractivity contribution < 1.29 is 9.59 Å². The van der Waals surface area contributed by atoms with E-state index in [0.29, 0.717) is 30.4 Å². The fourth-order valence-corrected chi connectivity index (χ4v) is 2.48. The van der Waals surface area contributed by atoms with E-state index in [1.807, 2.05) is 60.7 Å². The van der Waals surface area contributed by atoms with Gasteiger partial charge in [0.1, 0.15) is 0 Å². The van der Waals surface area contributed by atoms with Crippen molar-refractivity contribution in [3.8, 4) is 0 Å². The Morgan fingerprint density at radius 2 is 1.23 bits per heavy atom. The van der Waals surface area contributed by atoms with Gasteiger partial charge in [-0.2, -0.15) is 0 Å². The summed E-state index contributed by atoms with van der Waals surface area (Å²) in [6.45, 7) is 3.74. The summed E-state index contributed by atoms with van der Waals surface area (Å²) in [7, 11) is 0. The van der Waals surface area contributed by atoms with E-state index in [1.54, 1.807) is 6.08 Å². The number of carbonyl (C=O) groups is 2. The summed E-state index contributed by atoms with van der Waals surface area (Å²) in [5.41, 5.74) is 1.40. The molecule has 0 saturated heterocycles. The molecule has 0 heterocycles. The molecule has 2 nitrogen and oxygen atoms in total. The van der Waals surface area contributed by atoms with Crippen LogP contribution in [0.1, 0.15) is 40.0 Å². The van der Waals surface area contributed by atoms with Crippen molar-refractivity contribution in [2.24, 2.45) is 5.92 Å². The van der Waals surface area contributed by atoms with Gasteiger partial charge in [0.25, 0.3) is 0 Å². The molecule has 112 valence electrons. The predicted molar refractivity (Wildman–Crippen MR) is 89.1 cm³/mol. The SMILES string of the molecule is C=CCC(CC(=O)c1ccccc1)CC(=O)c1ccccc1. The first-order chi connectivity index (χ1) is 10.7. The van der Waals surface area contributed by atoms with Gasteiger partial charge in [-0.25, -0.2) is 0 Å². The summed E-state index contributed by atoms with van der Waals surface area (Å²) in [5, 5.41) is 0. The Bertz CT molecular complexity index is 576. The fraction of sp³-hybridized carbons (Fsp3) is 0.200. The minimum atomic E-state index is -0.00193. The van der Waals surface area contributed by atoms with E-state index in [4.69, 9.17) is 0 Å². The summed E-state index contributed by atoms with van der Waals surface area (Å²) >= 11 is 0. The molecule has 0 bridgehead atoms. The molecule has 0 spiro atoms. The summed E-state index contributed by atoms with van der Waals surface area (Å²) in [6.07, 6.45) is 3.18. The first kappa shape index (κ1) is 15.9. The minimum Gasteiger partial charge on any atom is -0.294 e. The van der Waals surface area contributed by atoms with Crippen molar-refractivity contribution in [1.82, 2.24) is 0 Å². The lowest BCUT2D eigenvalue weighted by atomic mass is 9.89. The smallest absolute Gasteiger partial charge is 0.163 e. The highest BCUT2D eigenvalue weighted by Crippen LogP contribution is 2.20. The molecule has 0 N–H and O–H groups in total. The van der Waals surface area contributed by atoms with E-state index in [0.717, 1.165) is 0 Å². The van der Waals surface area contributed by atoms with Gasteiger partial charge in [-0.15, -0.1) is 6.58 Å². The van der Waals surface area contributed by atoms with Crippen LogP contribution in [0.4, 0.5) is 0 Å². The van der Waals surface area contributed by atoms with Crippen LogP contribution < -0.4 is 0 Å². The summed E-state index contributed by atoms with van der Waals surface area (Å²) in [6, 6.07) is 18.4. The van der Waals surface area contributed by atoms with Crippen molar-refractivity contribution in [2.45, 2.75) is 19.3 Å². The van der Waals surface area contributed by atoms with E-state index in [1.165, 1.54) is 0 Å². The number of hydrogen-bond donors (Lipinski definition) is 0. The number of Topliss-reactive ketones (excluding diaryl/α,β-unsaturated/α-hetero) is 2. The molecular formula is C20H20O2. The van der Waals surface area contributed by atoms with Crippen molar-refractivity contribution in [1.29, 1.82) is 0 Å². The number of allylic oxidation sites excluding steroid dienone is 1. The molecule has 2 aromatic rings. The number of carbonyl (C=O) groups excluding carboxylic acids is 2. The third kappa shape index (κ3) is 4.52. The zero-order valence-corrected chi connectivity index (χ0v) is 12.6. The lowest BCUT2D eigenvalue weighted by Crippen LogP contribution is -2.13. The lowest BCUT2D eigenvalue weighted by Gasteiger charge is -2.13. The van der Waals surface area contributed by atoms with Gasteiger partial charge < -0.3 is 0 Å². The molecule has 0 fully saturated rings. The van der Waals surface area contributed by atoms with Crippen LogP contribution in [-0.4, -0.2) is 11.6 Å². The van der Waals surface area contributed by atoms with Crippen LogP contribution in [0, 0.1) is 5.92 Å². The van der Waals surface area contributed by atoms with Gasteiger partial charge in [0.05, 0.1) is 0 Å². The molecule has 0 aromatic heterocycles. The van der Waals surface area contributed by atoms with Gasteiger partial charge in [-0.05, 0) is 12.3 Å². The number of benzene rings is 2. The van der Waals surface area contributed by atoms with Gasteiger partial charge in [-0.3, -0.25) is 9.59 Å². The number of ketones is 2. The van der Waals surface area contributed by atoms with Gasteiger partial charge in [0, 0.05) is 24.0 Å². The Kier molecular flexibility index (Phi) is 5.84. The van der Waals surface area contributed by atoms with Gasteiger partial charge in [-0.1, -0.05) is 66.7 Å². The van der Waals surface area contributed by atoms with E-state index in [2.05, 4.69) is 6.58 Å². The molecule has 0 aliphatic heterocycles. The molecule has 0 aliphatic carbocycles. The Morgan fingerprint density at radius 1 is 0.818 bits per heavy atom. The van der Waals surface area contributed by atoms with Crippen LogP contribution in [0.15, 0.2) is 73.3 Å². The molecule has 2 aromatic carbocycles. The first-order valence-corrected chi connectivity index (χ1v) is 7.48. The second kappa shape index (κ2) is 8.08. The molecule has 0 atom stereocenters. The molecule has 2 heteroatoms. The standard InChI is InChI=1S/C20H20O2/c1-2-9-16(14-19(21)17-10-5-3-6-11-17)15-20(22)18-12-7-4-8-13-18/h2-8,10-13,16H,1,9,14-15H2. The van der Waals surface area contributed by atoms with Crippen LogP contribution in [0.2, 0.25) is 0 Å². The normalized spacial score (nSPS) is 10.4. The molecule has 0 amide bonds. The van der Waals surface area contributed by atoms with Crippen molar-refractivity contribution in [3.05, 3.63) is 84.4 Å². The van der Waals surface area contributed by atoms with E-state index in [-0.39, 0.29) is 17.5 Å². The minimum absolute atomic E-state index is 0.00193. The highest BCUT2D eigenvalue weighted by molar-refractivity contribution is 5.98. The quantitative estimate of drug-likeness (QED) is 0.521. The number of rotatable bonds is 8. The summed E-state index contributed by atoms with van der Waals surface area (Å²) < 4.78 is 0. The average Bonchev–Trinajstić information content (AvgIpc) is 2.56. The topological polar surface area (TPSA) is 34.1 Å². The highest BCUT2D eigenvalue weighted by Gasteiger charge is 2.18. The zero-order chi connectivity index (χ0) is 15.8. The monoisotopic (exact) mass is 292 g/mol. The molecule has 2 rings (SSSR count). The van der Waals surface area contributed by atoms with Gasteiger partial charge in [0.2, 0.25) is 0 Å². The molecule has 0 saturated carbocycles. The Hall–Kier alpha value is -2.48. The fourth-order valence-electron chi connectivity index (χ4n) is 2.48. The third-order valence-corrected chi connectivity index (χ3v) is 3.64. The van der Waals surface area contributed by atoms with Crippen molar-refractivity contribution in [2.75, 3.05) is 0 Å². The van der Waals surface area contributed by atoms with Crippen molar-refractivity contribution >= 4 is 11.6 Å². The average molecular weight is 292 g/mol. The molecule has 0 radical (unpaired) electrons. The van der Waals surface area contributed by atoms with Crippen LogP contribution in [0.5, 0.6) is 0 Å². The van der Waals surface area contributed by atoms with Gasteiger partial charge >= 0.3 is 0 Å². The zero-order valence-electron chi connectivity index (χ0n) is 12.6. The Balaban J connectivity index is 2.02. The molecule has 0 aliphatic rings. The second-order valence-corrected chi connectivity index (χ2v) is 5.38. The Labute approximate surface area is 131 Å². The summed E-state index contributed by atoms with van der Waals surface area (Å²) in [5.74, 6) is 0.152. The maximum atomic E-state index is 12.3. The van der Waals surface area contributed by atoms with Crippen molar-refractivity contribution in [3.63, 3.8) is 0 Å². The van der Waals surface area contributed by atoms with Crippen LogP contribution in [-0.2, 0) is 0 Å². The van der Waals surface area contributed by atoms with E-state index < -0.39 is 0 Å². The highest BCUT2D eigenvalue weighted by atomic mass is 16.1. The largest absolute Gasteiger partial charge is 0.294 e. The third-order valence-electron chi connectivity index (χ3n) is 3.64. The lowest BCUT2D eigenvalue weighted by molar-refractivity contribution is 0.0922. The van der Waals surface area contributed by atoms with E-state index in [9.17, 15) is 9.59 Å². The predicted octanol–water partition coefficient (Wildman–Crippen LogP) is 4.72. The summed E-state index contributed by atoms with van der Waals surface area (Å²) in [4.78, 5) is 24.6. The van der Waals surface area contributed by atoms with E-state index >= 15 is 0 Å². The van der Waals surface area contributed by atoms with Crippen LogP contribution in [0.25, 0.3) is 0 Å². The second-order valence-electron chi connectivity index (χ2n) is 5.38. The Morgan fingerprint density at radius 3 is 1.59 bits per heavy atom. The molecule has 22 heavy (non-hydrogen) atoms. The number of hydrogen-bond acceptors (Lipinski definition) is 2. The maximum absolute atomic E-state index is 12.3. The maximum Gasteiger partial charge on any atom is 0.163 e. The van der Waals surface area contributed by atoms with Gasteiger partial charge in [0.15, 0.2) is 11.6 Å². The molecular weight excluding hydrogens is 272 g/mol. The van der Waals surface area contributed by atoms with Crippen LogP contribution in [0.3, 0.4) is 0 Å². The molecule has 0 unspecified atom stereocenters. The first-order valence-electron chi connectivity index (χ1n) is 7.48.